The van der Waals surface area contributed by atoms with Crippen molar-refractivity contribution in [3.05, 3.63) is 60.2 Å². The Hall–Kier alpha value is -2.27. The Labute approximate surface area is 186 Å². The van der Waals surface area contributed by atoms with Crippen LogP contribution in [0.4, 0.5) is 0 Å². The number of likely N-dealkylation sites (tertiary alicyclic amines) is 1. The first-order valence-corrected chi connectivity index (χ1v) is 12.1. The van der Waals surface area contributed by atoms with Crippen LogP contribution in [0.5, 0.6) is 0 Å². The van der Waals surface area contributed by atoms with Crippen molar-refractivity contribution in [2.75, 3.05) is 19.6 Å². The van der Waals surface area contributed by atoms with E-state index in [9.17, 15) is 4.79 Å². The van der Waals surface area contributed by atoms with Gasteiger partial charge in [-0.15, -0.1) is 0 Å². The second-order valence-electron chi connectivity index (χ2n) is 9.29. The van der Waals surface area contributed by atoms with Crippen LogP contribution in [0.2, 0.25) is 0 Å². The molecule has 0 aromatic carbocycles. The van der Waals surface area contributed by atoms with E-state index in [1.807, 2.05) is 24.5 Å². The Bertz CT molecular complexity index is 792. The molecule has 2 aromatic rings. The van der Waals surface area contributed by atoms with Crippen molar-refractivity contribution in [1.29, 1.82) is 0 Å². The zero-order chi connectivity index (χ0) is 21.3. The Morgan fingerprint density at radius 1 is 0.968 bits per heavy atom. The maximum Gasteiger partial charge on any atom is 0.223 e. The molecule has 2 aromatic heterocycles. The van der Waals surface area contributed by atoms with E-state index in [4.69, 9.17) is 0 Å². The number of nitrogens with zero attached hydrogens (tertiary/aromatic N) is 4. The predicted molar refractivity (Wildman–Crippen MR) is 123 cm³/mol. The number of rotatable bonds is 8. The Kier molecular flexibility index (Phi) is 8.05. The number of amides is 1. The second kappa shape index (κ2) is 11.4. The molecule has 3 heterocycles. The molecule has 4 rings (SSSR count). The summed E-state index contributed by atoms with van der Waals surface area (Å²) in [7, 11) is 0. The van der Waals surface area contributed by atoms with Gasteiger partial charge >= 0.3 is 0 Å². The van der Waals surface area contributed by atoms with E-state index in [1.54, 1.807) is 12.4 Å². The number of hydrogen-bond acceptors (Lipinski definition) is 4. The minimum atomic E-state index is 0.238. The van der Waals surface area contributed by atoms with Crippen molar-refractivity contribution >= 4 is 5.91 Å². The zero-order valence-electron chi connectivity index (χ0n) is 18.7. The molecule has 0 N–H and O–H groups in total. The lowest BCUT2D eigenvalue weighted by atomic mass is 9.90. The first kappa shape index (κ1) is 21.9. The van der Waals surface area contributed by atoms with E-state index < -0.39 is 0 Å². The van der Waals surface area contributed by atoms with Crippen LogP contribution in [0.1, 0.15) is 62.5 Å². The largest absolute Gasteiger partial charge is 0.338 e. The van der Waals surface area contributed by atoms with Crippen LogP contribution >= 0.6 is 0 Å². The minimum Gasteiger partial charge on any atom is -0.338 e. The van der Waals surface area contributed by atoms with Crippen molar-refractivity contribution in [1.82, 2.24) is 19.8 Å². The second-order valence-corrected chi connectivity index (χ2v) is 9.29. The monoisotopic (exact) mass is 420 g/mol. The van der Waals surface area contributed by atoms with Crippen LogP contribution in [-0.4, -0.2) is 51.4 Å². The Morgan fingerprint density at radius 2 is 1.71 bits per heavy atom. The van der Waals surface area contributed by atoms with Crippen LogP contribution in [0.3, 0.4) is 0 Å². The lowest BCUT2D eigenvalue weighted by Crippen LogP contribution is -2.47. The number of piperidine rings is 1. The number of pyridine rings is 2. The van der Waals surface area contributed by atoms with E-state index in [0.717, 1.165) is 36.7 Å². The molecule has 5 nitrogen and oxygen atoms in total. The first-order chi connectivity index (χ1) is 15.3. The highest BCUT2D eigenvalue weighted by Gasteiger charge is 2.29. The summed E-state index contributed by atoms with van der Waals surface area (Å²) < 4.78 is 0. The summed E-state index contributed by atoms with van der Waals surface area (Å²) in [5.74, 6) is 0.803. The fraction of sp³-hybridized carbons (Fsp3) is 0.577. The summed E-state index contributed by atoms with van der Waals surface area (Å²) in [6.45, 7) is 3.88. The molecule has 0 radical (unpaired) electrons. The average Bonchev–Trinajstić information content (AvgIpc) is 2.84. The van der Waals surface area contributed by atoms with Crippen LogP contribution < -0.4 is 0 Å². The standard InChI is InChI=1S/C26H36N4O/c31-26(13-12-22-7-4-14-27-17-22)30(19-23-8-5-15-28-18-23)21-24-9-6-16-29(20-24)25-10-2-1-3-11-25/h4-5,7-8,14-15,17-18,24-25H,1-3,6,9-13,16,19-21H2/t24-/m0/s1. The predicted octanol–water partition coefficient (Wildman–Crippen LogP) is 4.48. The molecule has 1 saturated heterocycles. The van der Waals surface area contributed by atoms with Crippen molar-refractivity contribution in [3.8, 4) is 0 Å². The maximum absolute atomic E-state index is 13.2. The highest BCUT2D eigenvalue weighted by molar-refractivity contribution is 5.76. The summed E-state index contributed by atoms with van der Waals surface area (Å²) >= 11 is 0. The lowest BCUT2D eigenvalue weighted by molar-refractivity contribution is -0.132. The minimum absolute atomic E-state index is 0.238. The molecule has 31 heavy (non-hydrogen) atoms. The molecule has 0 bridgehead atoms. The topological polar surface area (TPSA) is 49.3 Å². The van der Waals surface area contributed by atoms with Gasteiger partial charge in [-0.2, -0.15) is 0 Å². The summed E-state index contributed by atoms with van der Waals surface area (Å²) in [5, 5.41) is 0. The van der Waals surface area contributed by atoms with Crippen LogP contribution in [-0.2, 0) is 17.8 Å². The summed E-state index contributed by atoms with van der Waals surface area (Å²) in [6, 6.07) is 8.79. The normalized spacial score (nSPS) is 20.5. The fourth-order valence-corrected chi connectivity index (χ4v) is 5.26. The number of aryl methyl sites for hydroxylation is 1. The van der Waals surface area contributed by atoms with E-state index in [2.05, 4.69) is 31.9 Å². The summed E-state index contributed by atoms with van der Waals surface area (Å²) in [5.41, 5.74) is 2.23. The molecular formula is C26H36N4O. The van der Waals surface area contributed by atoms with Gasteiger partial charge in [-0.3, -0.25) is 14.8 Å². The molecule has 2 aliphatic rings. The molecule has 2 fully saturated rings. The highest BCUT2D eigenvalue weighted by atomic mass is 16.2. The van der Waals surface area contributed by atoms with Gasteiger partial charge in [-0.25, -0.2) is 0 Å². The molecule has 5 heteroatoms. The third-order valence-electron chi connectivity index (χ3n) is 6.92. The number of hydrogen-bond donors (Lipinski definition) is 0. The molecule has 1 atom stereocenters. The number of carbonyl (C=O) groups is 1. The third kappa shape index (κ3) is 6.60. The Balaban J connectivity index is 1.38. The van der Waals surface area contributed by atoms with Gasteiger partial charge in [-0.1, -0.05) is 31.4 Å². The van der Waals surface area contributed by atoms with Crippen molar-refractivity contribution < 1.29 is 4.79 Å². The van der Waals surface area contributed by atoms with Crippen LogP contribution in [0, 0.1) is 5.92 Å². The van der Waals surface area contributed by atoms with Gasteiger partial charge in [0.2, 0.25) is 5.91 Å². The van der Waals surface area contributed by atoms with Crippen LogP contribution in [0.15, 0.2) is 49.1 Å². The molecule has 1 amide bonds. The van der Waals surface area contributed by atoms with Crippen molar-refractivity contribution in [2.45, 2.75) is 70.4 Å². The molecule has 0 spiro atoms. The van der Waals surface area contributed by atoms with Gasteiger partial charge in [0.15, 0.2) is 0 Å². The van der Waals surface area contributed by atoms with E-state index in [-0.39, 0.29) is 5.91 Å². The molecule has 1 aliphatic carbocycles. The third-order valence-corrected chi connectivity index (χ3v) is 6.92. The molecular weight excluding hydrogens is 384 g/mol. The van der Waals surface area contributed by atoms with Crippen molar-refractivity contribution in [3.63, 3.8) is 0 Å². The number of carbonyl (C=O) groups excluding carboxylic acids is 1. The molecule has 1 saturated carbocycles. The molecule has 166 valence electrons. The van der Waals surface area contributed by atoms with Crippen LogP contribution in [0.25, 0.3) is 0 Å². The zero-order valence-corrected chi connectivity index (χ0v) is 18.7. The van der Waals surface area contributed by atoms with E-state index in [0.29, 0.717) is 18.9 Å². The SMILES string of the molecule is O=C(CCc1cccnc1)N(Cc1cccnc1)C[C@H]1CCCN(C2CCCCC2)C1. The van der Waals surface area contributed by atoms with Gasteiger partial charge in [0.05, 0.1) is 0 Å². The molecule has 1 aliphatic heterocycles. The highest BCUT2D eigenvalue weighted by Crippen LogP contribution is 2.28. The van der Waals surface area contributed by atoms with Gasteiger partial charge in [0, 0.05) is 56.9 Å². The smallest absolute Gasteiger partial charge is 0.223 e. The molecule has 0 unspecified atom stereocenters. The first-order valence-electron chi connectivity index (χ1n) is 12.1. The quantitative estimate of drug-likeness (QED) is 0.632. The summed E-state index contributed by atoms with van der Waals surface area (Å²) in [4.78, 5) is 26.5. The Morgan fingerprint density at radius 3 is 2.42 bits per heavy atom. The fourth-order valence-electron chi connectivity index (χ4n) is 5.26. The van der Waals surface area contributed by atoms with Gasteiger partial charge < -0.3 is 9.80 Å². The van der Waals surface area contributed by atoms with E-state index in [1.165, 1.54) is 51.5 Å². The average molecular weight is 421 g/mol. The van der Waals surface area contributed by atoms with E-state index >= 15 is 0 Å². The van der Waals surface area contributed by atoms with Gasteiger partial charge in [0.25, 0.3) is 0 Å². The lowest BCUT2D eigenvalue weighted by Gasteiger charge is -2.41. The number of aromatic nitrogens is 2. The van der Waals surface area contributed by atoms with Gasteiger partial charge in [-0.05, 0) is 67.8 Å². The van der Waals surface area contributed by atoms with Gasteiger partial charge in [0.1, 0.15) is 0 Å². The van der Waals surface area contributed by atoms with Crippen molar-refractivity contribution in [2.24, 2.45) is 5.92 Å². The summed E-state index contributed by atoms with van der Waals surface area (Å²) in [6.07, 6.45) is 18.0. The maximum atomic E-state index is 13.2.